The Bertz CT molecular complexity index is 776. The SMILES string of the molecule is O=C(O)[C@@]12CCC[C@H]1CN(Cc1csc(Cc3ccc(Cl)cc3)n1)C2. The molecule has 0 spiro atoms. The molecule has 1 aliphatic heterocycles. The van der Waals surface area contributed by atoms with E-state index in [2.05, 4.69) is 10.3 Å². The van der Waals surface area contributed by atoms with E-state index < -0.39 is 11.4 Å². The molecule has 1 N–H and O–H groups in total. The lowest BCUT2D eigenvalue weighted by atomic mass is 9.81. The van der Waals surface area contributed by atoms with Crippen molar-refractivity contribution in [2.45, 2.75) is 32.2 Å². The van der Waals surface area contributed by atoms with Gasteiger partial charge in [0.2, 0.25) is 0 Å². The van der Waals surface area contributed by atoms with Crippen LogP contribution in [0.3, 0.4) is 0 Å². The average molecular weight is 377 g/mol. The first kappa shape index (κ1) is 17.0. The Morgan fingerprint density at radius 3 is 2.92 bits per heavy atom. The molecule has 0 bridgehead atoms. The molecular formula is C19H21ClN2O2S. The van der Waals surface area contributed by atoms with Crippen molar-refractivity contribution >= 4 is 28.9 Å². The first-order valence-electron chi connectivity index (χ1n) is 8.69. The number of fused-ring (bicyclic) bond motifs is 1. The molecule has 2 atom stereocenters. The number of carbonyl (C=O) groups is 1. The normalized spacial score (nSPS) is 26.0. The van der Waals surface area contributed by atoms with Crippen molar-refractivity contribution in [1.29, 1.82) is 0 Å². The number of thiazole rings is 1. The number of carboxylic acid groups (broad SMARTS) is 1. The Kier molecular flexibility index (Phi) is 4.56. The maximum Gasteiger partial charge on any atom is 0.311 e. The smallest absolute Gasteiger partial charge is 0.311 e. The highest BCUT2D eigenvalue weighted by Gasteiger charge is 2.54. The van der Waals surface area contributed by atoms with Crippen LogP contribution in [0.5, 0.6) is 0 Å². The van der Waals surface area contributed by atoms with Gasteiger partial charge in [0.05, 0.1) is 16.1 Å². The summed E-state index contributed by atoms with van der Waals surface area (Å²) in [5, 5.41) is 13.6. The highest BCUT2D eigenvalue weighted by atomic mass is 35.5. The van der Waals surface area contributed by atoms with Crippen molar-refractivity contribution in [2.75, 3.05) is 13.1 Å². The minimum absolute atomic E-state index is 0.303. The summed E-state index contributed by atoms with van der Waals surface area (Å²) < 4.78 is 0. The summed E-state index contributed by atoms with van der Waals surface area (Å²) in [5.74, 6) is -0.309. The van der Waals surface area contributed by atoms with Crippen LogP contribution >= 0.6 is 22.9 Å². The third kappa shape index (κ3) is 3.33. The van der Waals surface area contributed by atoms with Gasteiger partial charge in [-0.25, -0.2) is 4.98 Å². The maximum absolute atomic E-state index is 11.8. The molecule has 1 aliphatic carbocycles. The Balaban J connectivity index is 1.40. The third-order valence-electron chi connectivity index (χ3n) is 5.62. The van der Waals surface area contributed by atoms with E-state index in [0.29, 0.717) is 12.5 Å². The van der Waals surface area contributed by atoms with Gasteiger partial charge in [-0.2, -0.15) is 0 Å². The summed E-state index contributed by atoms with van der Waals surface area (Å²) >= 11 is 7.60. The molecule has 0 unspecified atom stereocenters. The van der Waals surface area contributed by atoms with Crippen molar-refractivity contribution < 1.29 is 9.90 Å². The number of benzene rings is 1. The fourth-order valence-electron chi connectivity index (χ4n) is 4.37. The lowest BCUT2D eigenvalue weighted by Gasteiger charge is -2.23. The van der Waals surface area contributed by atoms with Gasteiger partial charge in [-0.1, -0.05) is 30.2 Å². The number of nitrogens with zero attached hydrogens (tertiary/aromatic N) is 2. The van der Waals surface area contributed by atoms with E-state index in [-0.39, 0.29) is 0 Å². The van der Waals surface area contributed by atoms with E-state index in [1.807, 2.05) is 24.3 Å². The zero-order chi connectivity index (χ0) is 17.4. The predicted molar refractivity (Wildman–Crippen MR) is 99.1 cm³/mol. The molecule has 2 aromatic rings. The number of likely N-dealkylation sites (tertiary alicyclic amines) is 1. The molecule has 2 heterocycles. The van der Waals surface area contributed by atoms with Crippen molar-refractivity contribution in [2.24, 2.45) is 11.3 Å². The average Bonchev–Trinajstić information content (AvgIpc) is 3.25. The van der Waals surface area contributed by atoms with Crippen molar-refractivity contribution in [3.8, 4) is 0 Å². The molecule has 1 aromatic heterocycles. The van der Waals surface area contributed by atoms with E-state index in [0.717, 1.165) is 54.5 Å². The van der Waals surface area contributed by atoms with Crippen LogP contribution in [-0.4, -0.2) is 34.0 Å². The van der Waals surface area contributed by atoms with Gasteiger partial charge < -0.3 is 5.11 Å². The van der Waals surface area contributed by atoms with Gasteiger partial charge in [0.25, 0.3) is 0 Å². The minimum Gasteiger partial charge on any atom is -0.481 e. The van der Waals surface area contributed by atoms with Crippen LogP contribution in [-0.2, 0) is 17.8 Å². The Morgan fingerprint density at radius 1 is 1.40 bits per heavy atom. The summed E-state index contributed by atoms with van der Waals surface area (Å²) in [5.41, 5.74) is 1.74. The zero-order valence-electron chi connectivity index (χ0n) is 13.9. The van der Waals surface area contributed by atoms with Gasteiger partial charge in [0.15, 0.2) is 0 Å². The predicted octanol–water partition coefficient (Wildman–Crippen LogP) is 4.07. The molecule has 1 aromatic carbocycles. The molecule has 6 heteroatoms. The van der Waals surface area contributed by atoms with Crippen LogP contribution in [0.4, 0.5) is 0 Å². The summed E-state index contributed by atoms with van der Waals surface area (Å²) in [7, 11) is 0. The highest BCUT2D eigenvalue weighted by molar-refractivity contribution is 7.09. The molecule has 4 rings (SSSR count). The Labute approximate surface area is 156 Å². The first-order chi connectivity index (χ1) is 12.0. The Morgan fingerprint density at radius 2 is 2.20 bits per heavy atom. The van der Waals surface area contributed by atoms with E-state index in [1.54, 1.807) is 11.3 Å². The molecule has 2 fully saturated rings. The quantitative estimate of drug-likeness (QED) is 0.854. The van der Waals surface area contributed by atoms with Crippen molar-refractivity contribution in [3.63, 3.8) is 0 Å². The largest absolute Gasteiger partial charge is 0.481 e. The second kappa shape index (κ2) is 6.71. The number of hydrogen-bond acceptors (Lipinski definition) is 4. The first-order valence-corrected chi connectivity index (χ1v) is 9.94. The summed E-state index contributed by atoms with van der Waals surface area (Å²) in [6.07, 6.45) is 3.72. The topological polar surface area (TPSA) is 53.4 Å². The summed E-state index contributed by atoms with van der Waals surface area (Å²) in [4.78, 5) is 18.8. The van der Waals surface area contributed by atoms with Crippen LogP contribution < -0.4 is 0 Å². The zero-order valence-corrected chi connectivity index (χ0v) is 15.5. The molecule has 1 saturated heterocycles. The van der Waals surface area contributed by atoms with Crippen molar-refractivity contribution in [3.05, 3.63) is 50.9 Å². The summed E-state index contributed by atoms with van der Waals surface area (Å²) in [6, 6.07) is 7.86. The number of aromatic nitrogens is 1. The van der Waals surface area contributed by atoms with Gasteiger partial charge in [-0.05, 0) is 36.5 Å². The van der Waals surface area contributed by atoms with Crippen LogP contribution in [0, 0.1) is 11.3 Å². The molecule has 132 valence electrons. The van der Waals surface area contributed by atoms with E-state index in [4.69, 9.17) is 16.6 Å². The van der Waals surface area contributed by atoms with E-state index in [1.165, 1.54) is 5.56 Å². The fourth-order valence-corrected chi connectivity index (χ4v) is 5.32. The van der Waals surface area contributed by atoms with Gasteiger partial charge in [-0.3, -0.25) is 9.69 Å². The van der Waals surface area contributed by atoms with Gasteiger partial charge in [0, 0.05) is 36.5 Å². The van der Waals surface area contributed by atoms with Crippen LogP contribution in [0.25, 0.3) is 0 Å². The van der Waals surface area contributed by atoms with Gasteiger partial charge in [0.1, 0.15) is 0 Å². The second-order valence-corrected chi connectivity index (χ2v) is 8.63. The maximum atomic E-state index is 11.8. The third-order valence-corrected chi connectivity index (χ3v) is 6.77. The number of aliphatic carboxylic acids is 1. The molecule has 0 radical (unpaired) electrons. The lowest BCUT2D eigenvalue weighted by molar-refractivity contribution is -0.149. The number of carboxylic acids is 1. The van der Waals surface area contributed by atoms with Crippen molar-refractivity contribution in [1.82, 2.24) is 9.88 Å². The van der Waals surface area contributed by atoms with E-state index >= 15 is 0 Å². The molecule has 0 amide bonds. The second-order valence-electron chi connectivity index (χ2n) is 7.26. The molecule has 25 heavy (non-hydrogen) atoms. The van der Waals surface area contributed by atoms with Crippen LogP contribution in [0.2, 0.25) is 5.02 Å². The van der Waals surface area contributed by atoms with Crippen LogP contribution in [0.15, 0.2) is 29.6 Å². The summed E-state index contributed by atoms with van der Waals surface area (Å²) in [6.45, 7) is 2.30. The molecule has 4 nitrogen and oxygen atoms in total. The van der Waals surface area contributed by atoms with Gasteiger partial charge in [-0.15, -0.1) is 11.3 Å². The molecular weight excluding hydrogens is 356 g/mol. The van der Waals surface area contributed by atoms with Gasteiger partial charge >= 0.3 is 5.97 Å². The lowest BCUT2D eigenvalue weighted by Crippen LogP contribution is -2.35. The molecule has 1 saturated carbocycles. The number of hydrogen-bond donors (Lipinski definition) is 1. The van der Waals surface area contributed by atoms with Crippen LogP contribution in [0.1, 0.15) is 35.5 Å². The fraction of sp³-hybridized carbons (Fsp3) is 0.474. The molecule has 2 aliphatic rings. The standard InChI is InChI=1S/C19H21ClN2O2S/c20-15-5-3-13(4-6-15)8-17-21-16(11-25-17)10-22-9-14-2-1-7-19(14,12-22)18(23)24/h3-6,11,14H,1-2,7-10,12H2,(H,23,24)/t14-,19+/m0/s1. The minimum atomic E-state index is -0.612. The highest BCUT2D eigenvalue weighted by Crippen LogP contribution is 2.49. The monoisotopic (exact) mass is 376 g/mol. The number of rotatable bonds is 5. The Hall–Kier alpha value is -1.43. The number of halogens is 1. The van der Waals surface area contributed by atoms with E-state index in [9.17, 15) is 9.90 Å².